The smallest absolute Gasteiger partial charge is 0.306 e. The highest BCUT2D eigenvalue weighted by molar-refractivity contribution is 5.76. The molecule has 0 radical (unpaired) electrons. The first-order valence-electron chi connectivity index (χ1n) is 17.1. The van der Waals surface area contributed by atoms with E-state index in [1.807, 2.05) is 48.5 Å². The quantitative estimate of drug-likeness (QED) is 0.111. The summed E-state index contributed by atoms with van der Waals surface area (Å²) in [6.45, 7) is 11.9. The van der Waals surface area contributed by atoms with E-state index in [0.29, 0.717) is 49.6 Å². The molecule has 11 heteroatoms. The average molecular weight is 676 g/mol. The Morgan fingerprint density at radius 2 is 1.20 bits per heavy atom. The predicted molar refractivity (Wildman–Crippen MR) is 189 cm³/mol. The molecule has 0 aromatic carbocycles. The van der Waals surface area contributed by atoms with E-state index in [4.69, 9.17) is 24.9 Å². The van der Waals surface area contributed by atoms with Crippen molar-refractivity contribution in [3.8, 4) is 28.5 Å². The number of nitrogens with one attached hydrogen (secondary N) is 1. The monoisotopic (exact) mass is 675 g/mol. The number of ether oxygens (including phenoxy) is 3. The van der Waals surface area contributed by atoms with Crippen LogP contribution in [0.25, 0.3) is 22.8 Å². The van der Waals surface area contributed by atoms with E-state index in [2.05, 4.69) is 15.3 Å². The summed E-state index contributed by atoms with van der Waals surface area (Å²) in [6, 6.07) is 15.1. The number of amides is 1. The Morgan fingerprint density at radius 1 is 0.694 bits per heavy atom. The van der Waals surface area contributed by atoms with E-state index in [1.165, 1.54) is 0 Å². The zero-order valence-corrected chi connectivity index (χ0v) is 29.9. The number of unbranched alkanes of at least 4 members (excludes halogenated alkanes) is 2. The third-order valence-corrected chi connectivity index (χ3v) is 7.41. The molecule has 0 saturated carbocycles. The summed E-state index contributed by atoms with van der Waals surface area (Å²) in [5.74, 6) is -0.159. The van der Waals surface area contributed by atoms with Gasteiger partial charge in [-0.05, 0) is 104 Å². The number of carbonyl (C=O) groups is 3. The lowest BCUT2D eigenvalue weighted by molar-refractivity contribution is -0.155. The number of carbonyl (C=O) groups excluding carboxylic acids is 3. The molecule has 0 saturated heterocycles. The molecule has 11 nitrogen and oxygen atoms in total. The third-order valence-electron chi connectivity index (χ3n) is 7.41. The Labute approximate surface area is 290 Å². The lowest BCUT2D eigenvalue weighted by Gasteiger charge is -2.30. The SMILES string of the molecule is CC(C)(C)OC(=O)CCC(N)(CCC(=O)NCCCCCOc1cc(-c2ccccn2)nc(-c2ccccn2)c1)CCC(=O)OC(C)(C)C. The van der Waals surface area contributed by atoms with Crippen LogP contribution in [0.5, 0.6) is 5.75 Å². The summed E-state index contributed by atoms with van der Waals surface area (Å²) in [7, 11) is 0. The number of nitrogens with two attached hydrogens (primary N) is 1. The second kappa shape index (κ2) is 18.4. The van der Waals surface area contributed by atoms with Gasteiger partial charge in [-0.15, -0.1) is 0 Å². The van der Waals surface area contributed by atoms with E-state index in [9.17, 15) is 14.4 Å². The Kier molecular flexibility index (Phi) is 14.7. The van der Waals surface area contributed by atoms with E-state index >= 15 is 0 Å². The summed E-state index contributed by atoms with van der Waals surface area (Å²) < 4.78 is 17.0. The number of nitrogens with zero attached hydrogens (tertiary/aromatic N) is 3. The Balaban J connectivity index is 1.44. The lowest BCUT2D eigenvalue weighted by atomic mass is 9.84. The van der Waals surface area contributed by atoms with E-state index < -0.39 is 16.7 Å². The van der Waals surface area contributed by atoms with Crippen molar-refractivity contribution in [2.24, 2.45) is 5.73 Å². The van der Waals surface area contributed by atoms with Gasteiger partial charge in [0, 0.05) is 55.9 Å². The molecule has 3 heterocycles. The number of esters is 2. The molecule has 0 fully saturated rings. The van der Waals surface area contributed by atoms with Gasteiger partial charge in [-0.3, -0.25) is 24.4 Å². The number of pyridine rings is 3. The van der Waals surface area contributed by atoms with E-state index in [0.717, 1.165) is 30.7 Å². The minimum atomic E-state index is -0.900. The van der Waals surface area contributed by atoms with Crippen LogP contribution in [-0.2, 0) is 23.9 Å². The zero-order valence-electron chi connectivity index (χ0n) is 29.9. The van der Waals surface area contributed by atoms with Gasteiger partial charge in [0.2, 0.25) is 5.91 Å². The van der Waals surface area contributed by atoms with Gasteiger partial charge in [0.25, 0.3) is 0 Å². The lowest BCUT2D eigenvalue weighted by Crippen LogP contribution is -2.43. The summed E-state index contributed by atoms with van der Waals surface area (Å²) in [5, 5.41) is 2.97. The minimum Gasteiger partial charge on any atom is -0.493 e. The van der Waals surface area contributed by atoms with Gasteiger partial charge in [0.1, 0.15) is 17.0 Å². The molecule has 0 bridgehead atoms. The highest BCUT2D eigenvalue weighted by Gasteiger charge is 2.30. The van der Waals surface area contributed by atoms with Crippen molar-refractivity contribution in [3.05, 3.63) is 60.9 Å². The molecule has 0 unspecified atom stereocenters. The van der Waals surface area contributed by atoms with Gasteiger partial charge in [0.15, 0.2) is 0 Å². The second-order valence-electron chi connectivity index (χ2n) is 14.3. The zero-order chi connectivity index (χ0) is 35.9. The first-order chi connectivity index (χ1) is 23.1. The number of rotatable bonds is 18. The van der Waals surface area contributed by atoms with Crippen molar-refractivity contribution in [2.45, 2.75) is 116 Å². The summed E-state index contributed by atoms with van der Waals surface area (Å²) in [4.78, 5) is 51.1. The van der Waals surface area contributed by atoms with Crippen LogP contribution in [0.4, 0.5) is 0 Å². The summed E-state index contributed by atoms with van der Waals surface area (Å²) in [5.41, 5.74) is 7.49. The van der Waals surface area contributed by atoms with E-state index in [1.54, 1.807) is 53.9 Å². The maximum atomic E-state index is 12.7. The highest BCUT2D eigenvalue weighted by atomic mass is 16.6. The van der Waals surface area contributed by atoms with Gasteiger partial charge >= 0.3 is 11.9 Å². The number of hydrogen-bond donors (Lipinski definition) is 2. The van der Waals surface area contributed by atoms with Crippen molar-refractivity contribution < 1.29 is 28.6 Å². The fourth-order valence-electron chi connectivity index (χ4n) is 5.01. The number of hydrogen-bond acceptors (Lipinski definition) is 10. The molecule has 0 aliphatic heterocycles. The predicted octanol–water partition coefficient (Wildman–Crippen LogP) is 6.59. The molecule has 0 spiro atoms. The van der Waals surface area contributed by atoms with Crippen LogP contribution < -0.4 is 15.8 Å². The molecule has 3 aromatic rings. The highest BCUT2D eigenvalue weighted by Crippen LogP contribution is 2.27. The van der Waals surface area contributed by atoms with Crippen molar-refractivity contribution in [1.29, 1.82) is 0 Å². The molecule has 49 heavy (non-hydrogen) atoms. The molecule has 3 rings (SSSR count). The van der Waals surface area contributed by atoms with Crippen LogP contribution in [0, 0.1) is 0 Å². The van der Waals surface area contributed by atoms with Crippen molar-refractivity contribution in [2.75, 3.05) is 13.2 Å². The Bertz CT molecular complexity index is 1400. The van der Waals surface area contributed by atoms with E-state index in [-0.39, 0.29) is 37.1 Å². The molecule has 1 amide bonds. The van der Waals surface area contributed by atoms with Crippen molar-refractivity contribution in [3.63, 3.8) is 0 Å². The van der Waals surface area contributed by atoms with Gasteiger partial charge in [-0.2, -0.15) is 0 Å². The minimum absolute atomic E-state index is 0.0974. The molecule has 3 N–H and O–H groups in total. The van der Waals surface area contributed by atoms with Crippen molar-refractivity contribution in [1.82, 2.24) is 20.3 Å². The van der Waals surface area contributed by atoms with Crippen LogP contribution in [0.3, 0.4) is 0 Å². The van der Waals surface area contributed by atoms with Crippen molar-refractivity contribution >= 4 is 17.8 Å². The van der Waals surface area contributed by atoms with Crippen LogP contribution in [0.2, 0.25) is 0 Å². The molecule has 3 aromatic heterocycles. The number of aromatic nitrogens is 3. The molecular formula is C38H53N5O6. The topological polar surface area (TPSA) is 156 Å². The first-order valence-corrected chi connectivity index (χ1v) is 17.1. The summed E-state index contributed by atoms with van der Waals surface area (Å²) >= 11 is 0. The molecule has 266 valence electrons. The maximum absolute atomic E-state index is 12.7. The largest absolute Gasteiger partial charge is 0.493 e. The van der Waals surface area contributed by atoms with Crippen LogP contribution in [-0.4, -0.2) is 62.7 Å². The fraction of sp³-hybridized carbons (Fsp3) is 0.526. The van der Waals surface area contributed by atoms with Gasteiger partial charge in [-0.1, -0.05) is 12.1 Å². The van der Waals surface area contributed by atoms with Crippen LogP contribution in [0.1, 0.15) is 99.3 Å². The normalized spacial score (nSPS) is 11.9. The van der Waals surface area contributed by atoms with Gasteiger partial charge in [0.05, 0.1) is 29.4 Å². The first kappa shape index (κ1) is 39.1. The molecule has 0 aliphatic carbocycles. The Morgan fingerprint density at radius 3 is 1.67 bits per heavy atom. The van der Waals surface area contributed by atoms with Gasteiger partial charge < -0.3 is 25.3 Å². The fourth-order valence-corrected chi connectivity index (χ4v) is 5.01. The average Bonchev–Trinajstić information content (AvgIpc) is 3.04. The van der Waals surface area contributed by atoms with Gasteiger partial charge in [-0.25, -0.2) is 4.98 Å². The Hall–Kier alpha value is -4.38. The standard InChI is InChI=1S/C38H53N5O6/c1-36(2,3)48-34(45)17-20-38(39,21-18-35(46)49-37(4,5)6)19-16-33(44)42-24-10-7-13-25-47-28-26-31(29-14-8-11-22-40-29)43-32(27-28)30-15-9-12-23-41-30/h8-9,11-12,14-15,22-23,26-27H,7,10,13,16-21,24-25,39H2,1-6H3,(H,42,44). The maximum Gasteiger partial charge on any atom is 0.306 e. The molecule has 0 atom stereocenters. The van der Waals surface area contributed by atoms with Crippen LogP contribution in [0.15, 0.2) is 60.9 Å². The summed E-state index contributed by atoms with van der Waals surface area (Å²) in [6.07, 6.45) is 7.20. The molecular weight excluding hydrogens is 622 g/mol. The van der Waals surface area contributed by atoms with Crippen LogP contribution >= 0.6 is 0 Å². The molecule has 0 aliphatic rings. The third kappa shape index (κ3) is 15.6. The second-order valence-corrected chi connectivity index (χ2v) is 14.3.